The van der Waals surface area contributed by atoms with E-state index in [0.29, 0.717) is 22.7 Å². The molecule has 4 rings (SSSR count). The number of aromatic nitrogens is 2. The molecule has 1 saturated carbocycles. The molecule has 2 aromatic heterocycles. The molecule has 0 aromatic carbocycles. The summed E-state index contributed by atoms with van der Waals surface area (Å²) in [6.07, 6.45) is 3.36. The minimum Gasteiger partial charge on any atom is -0.459 e. The van der Waals surface area contributed by atoms with E-state index in [-0.39, 0.29) is 30.2 Å². The Morgan fingerprint density at radius 2 is 2.06 bits per heavy atom. The molecule has 2 aliphatic rings. The highest BCUT2D eigenvalue weighted by atomic mass is 32.1. The topological polar surface area (TPSA) is 73.2 Å². The van der Waals surface area contributed by atoms with Gasteiger partial charge in [0.05, 0.1) is 11.7 Å². The van der Waals surface area contributed by atoms with Crippen molar-refractivity contribution in [3.05, 3.63) is 33.5 Å². The van der Waals surface area contributed by atoms with Crippen LogP contribution in [0.2, 0.25) is 0 Å². The molecule has 1 fully saturated rings. The lowest BCUT2D eigenvalue weighted by atomic mass is 9.95. The molecule has 0 bridgehead atoms. The Morgan fingerprint density at radius 1 is 1.32 bits per heavy atom. The van der Waals surface area contributed by atoms with Crippen LogP contribution in [0, 0.1) is 0 Å². The van der Waals surface area contributed by atoms with Gasteiger partial charge in [-0.05, 0) is 63.5 Å². The second-order valence-electron chi connectivity index (χ2n) is 8.31. The number of nitrogens with one attached hydrogen (secondary N) is 1. The van der Waals surface area contributed by atoms with Crippen LogP contribution in [-0.4, -0.2) is 27.8 Å². The number of ether oxygens (including phenoxy) is 1. The van der Waals surface area contributed by atoms with Crippen molar-refractivity contribution in [3.8, 4) is 0 Å². The number of esters is 1. The average Bonchev–Trinajstić information content (AvgIpc) is 3.38. The standard InChI is InChI=1S/C22H27F2N3O3S/c1-3-12(2)30-22(29)19-14-6-4-5-7-17(14)31-21(19)25-18(28)11-27-16(13-8-9-13)10-15(26-27)20(23)24/h10,12-13,20H,3-9,11H2,1-2H3,(H,25,28). The number of halogens is 2. The van der Waals surface area contributed by atoms with Gasteiger partial charge in [0.15, 0.2) is 0 Å². The summed E-state index contributed by atoms with van der Waals surface area (Å²) in [5.74, 6) is -0.619. The third-order valence-corrected chi connectivity index (χ3v) is 7.06. The van der Waals surface area contributed by atoms with Gasteiger partial charge in [0.1, 0.15) is 17.2 Å². The Hall–Kier alpha value is -2.29. The van der Waals surface area contributed by atoms with E-state index in [1.54, 1.807) is 0 Å². The third-order valence-electron chi connectivity index (χ3n) is 5.85. The molecule has 1 atom stereocenters. The molecule has 2 heterocycles. The first-order chi connectivity index (χ1) is 14.9. The van der Waals surface area contributed by atoms with Crippen LogP contribution in [0.25, 0.3) is 0 Å². The highest BCUT2D eigenvalue weighted by Gasteiger charge is 2.31. The molecule has 0 saturated heterocycles. The molecule has 0 aliphatic heterocycles. The molecule has 168 valence electrons. The lowest BCUT2D eigenvalue weighted by Gasteiger charge is -2.15. The predicted octanol–water partition coefficient (Wildman–Crippen LogP) is 5.23. The number of carbonyl (C=O) groups excluding carboxylic acids is 2. The fourth-order valence-electron chi connectivity index (χ4n) is 3.89. The van der Waals surface area contributed by atoms with Crippen molar-refractivity contribution in [1.82, 2.24) is 9.78 Å². The van der Waals surface area contributed by atoms with Crippen molar-refractivity contribution in [2.75, 3.05) is 5.32 Å². The van der Waals surface area contributed by atoms with Crippen molar-refractivity contribution in [2.24, 2.45) is 0 Å². The van der Waals surface area contributed by atoms with Crippen molar-refractivity contribution < 1.29 is 23.1 Å². The monoisotopic (exact) mass is 451 g/mol. The normalized spacial score (nSPS) is 16.8. The van der Waals surface area contributed by atoms with Crippen molar-refractivity contribution in [1.29, 1.82) is 0 Å². The van der Waals surface area contributed by atoms with E-state index < -0.39 is 12.4 Å². The van der Waals surface area contributed by atoms with E-state index in [9.17, 15) is 18.4 Å². The molecular weight excluding hydrogens is 424 g/mol. The summed E-state index contributed by atoms with van der Waals surface area (Å²) in [6.45, 7) is 3.62. The fraction of sp³-hybridized carbons (Fsp3) is 0.591. The molecular formula is C22H27F2N3O3S. The third kappa shape index (κ3) is 4.81. The molecule has 2 aromatic rings. The summed E-state index contributed by atoms with van der Waals surface area (Å²) in [6, 6.07) is 1.40. The van der Waals surface area contributed by atoms with Gasteiger partial charge in [0, 0.05) is 16.5 Å². The summed E-state index contributed by atoms with van der Waals surface area (Å²) in [5, 5.41) is 7.27. The number of aryl methyl sites for hydroxylation is 1. The Labute approximate surface area is 184 Å². The molecule has 1 N–H and O–H groups in total. The van der Waals surface area contributed by atoms with Gasteiger partial charge in [-0.3, -0.25) is 9.48 Å². The van der Waals surface area contributed by atoms with Gasteiger partial charge < -0.3 is 10.1 Å². The second kappa shape index (κ2) is 9.06. The first kappa shape index (κ1) is 21.9. The summed E-state index contributed by atoms with van der Waals surface area (Å²) >= 11 is 1.41. The summed E-state index contributed by atoms with van der Waals surface area (Å²) < 4.78 is 33.1. The number of carbonyl (C=O) groups is 2. The Bertz CT molecular complexity index is 981. The van der Waals surface area contributed by atoms with Gasteiger partial charge in [-0.25, -0.2) is 13.6 Å². The molecule has 31 heavy (non-hydrogen) atoms. The van der Waals surface area contributed by atoms with Gasteiger partial charge in [0.25, 0.3) is 6.43 Å². The van der Waals surface area contributed by atoms with Gasteiger partial charge in [-0.2, -0.15) is 5.10 Å². The largest absolute Gasteiger partial charge is 0.459 e. The van der Waals surface area contributed by atoms with E-state index in [1.807, 2.05) is 13.8 Å². The van der Waals surface area contributed by atoms with Crippen LogP contribution in [0.3, 0.4) is 0 Å². The van der Waals surface area contributed by atoms with Crippen LogP contribution >= 0.6 is 11.3 Å². The number of rotatable bonds is 8. The molecule has 0 spiro atoms. The predicted molar refractivity (Wildman–Crippen MR) is 114 cm³/mol. The number of hydrogen-bond donors (Lipinski definition) is 1. The minimum absolute atomic E-state index is 0.166. The Morgan fingerprint density at radius 3 is 2.74 bits per heavy atom. The summed E-state index contributed by atoms with van der Waals surface area (Å²) in [5.41, 5.74) is 1.79. The summed E-state index contributed by atoms with van der Waals surface area (Å²) in [7, 11) is 0. The van der Waals surface area contributed by atoms with E-state index in [2.05, 4.69) is 10.4 Å². The SMILES string of the molecule is CCC(C)OC(=O)c1c(NC(=O)Cn2nc(C(F)F)cc2C2CC2)sc2c1CCCC2. The number of alkyl halides is 2. The lowest BCUT2D eigenvalue weighted by Crippen LogP contribution is -2.22. The van der Waals surface area contributed by atoms with E-state index in [0.717, 1.165) is 49.0 Å². The molecule has 9 heteroatoms. The number of fused-ring (bicyclic) bond motifs is 1. The van der Waals surface area contributed by atoms with Crippen LogP contribution in [0.4, 0.5) is 13.8 Å². The van der Waals surface area contributed by atoms with Gasteiger partial charge >= 0.3 is 5.97 Å². The zero-order valence-corrected chi connectivity index (χ0v) is 18.6. The molecule has 2 aliphatic carbocycles. The lowest BCUT2D eigenvalue weighted by molar-refractivity contribution is -0.116. The maximum absolute atomic E-state index is 13.1. The smallest absolute Gasteiger partial charge is 0.341 e. The first-order valence-corrected chi connectivity index (χ1v) is 11.7. The fourth-order valence-corrected chi connectivity index (χ4v) is 5.18. The Kier molecular flexibility index (Phi) is 6.41. The van der Waals surface area contributed by atoms with Crippen molar-refractivity contribution >= 4 is 28.2 Å². The molecule has 6 nitrogen and oxygen atoms in total. The van der Waals surface area contributed by atoms with Crippen LogP contribution in [-0.2, 0) is 28.9 Å². The van der Waals surface area contributed by atoms with Crippen LogP contribution in [0.5, 0.6) is 0 Å². The number of hydrogen-bond acceptors (Lipinski definition) is 5. The quantitative estimate of drug-likeness (QED) is 0.558. The van der Waals surface area contributed by atoms with Gasteiger partial charge in [-0.15, -0.1) is 11.3 Å². The number of thiophene rings is 1. The van der Waals surface area contributed by atoms with Crippen molar-refractivity contribution in [3.63, 3.8) is 0 Å². The zero-order valence-electron chi connectivity index (χ0n) is 17.7. The maximum atomic E-state index is 13.1. The second-order valence-corrected chi connectivity index (χ2v) is 9.42. The van der Waals surface area contributed by atoms with E-state index in [1.165, 1.54) is 22.1 Å². The first-order valence-electron chi connectivity index (χ1n) is 10.9. The summed E-state index contributed by atoms with van der Waals surface area (Å²) in [4.78, 5) is 26.8. The van der Waals surface area contributed by atoms with Crippen LogP contribution in [0.1, 0.15) is 90.5 Å². The minimum atomic E-state index is -2.67. The molecule has 0 radical (unpaired) electrons. The van der Waals surface area contributed by atoms with Gasteiger partial charge in [0.2, 0.25) is 5.91 Å². The highest BCUT2D eigenvalue weighted by Crippen LogP contribution is 2.41. The number of nitrogens with zero attached hydrogens (tertiary/aromatic N) is 2. The van der Waals surface area contributed by atoms with Crippen LogP contribution < -0.4 is 5.32 Å². The van der Waals surface area contributed by atoms with E-state index >= 15 is 0 Å². The van der Waals surface area contributed by atoms with E-state index in [4.69, 9.17) is 4.74 Å². The molecule has 1 amide bonds. The highest BCUT2D eigenvalue weighted by molar-refractivity contribution is 7.17. The number of anilines is 1. The van der Waals surface area contributed by atoms with Crippen LogP contribution in [0.15, 0.2) is 6.07 Å². The van der Waals surface area contributed by atoms with Gasteiger partial charge in [-0.1, -0.05) is 6.92 Å². The average molecular weight is 452 g/mol. The van der Waals surface area contributed by atoms with Crippen molar-refractivity contribution in [2.45, 2.75) is 83.8 Å². The molecule has 1 unspecified atom stereocenters. The zero-order chi connectivity index (χ0) is 22.1. The Balaban J connectivity index is 1.56. The maximum Gasteiger partial charge on any atom is 0.341 e. The number of amides is 1.